The van der Waals surface area contributed by atoms with E-state index in [1.165, 1.54) is 22.2 Å². The maximum absolute atomic E-state index is 6.02. The van der Waals surface area contributed by atoms with Crippen molar-refractivity contribution >= 4 is 10.9 Å². The van der Waals surface area contributed by atoms with Crippen LogP contribution in [0.4, 0.5) is 0 Å². The van der Waals surface area contributed by atoms with Gasteiger partial charge in [0.05, 0.1) is 5.54 Å². The van der Waals surface area contributed by atoms with Crippen LogP contribution in [0.25, 0.3) is 22.3 Å². The minimum atomic E-state index is -0.0149. The highest BCUT2D eigenvalue weighted by molar-refractivity contribution is 5.89. The van der Waals surface area contributed by atoms with Crippen LogP contribution in [0, 0.1) is 0 Å². The third-order valence-electron chi connectivity index (χ3n) is 6.72. The van der Waals surface area contributed by atoms with Crippen LogP contribution in [0.3, 0.4) is 0 Å². The Morgan fingerprint density at radius 2 is 2.06 bits per heavy atom. The predicted octanol–water partition coefficient (Wildman–Crippen LogP) is 2.47. The molecule has 2 aromatic carbocycles. The van der Waals surface area contributed by atoms with E-state index in [-0.39, 0.29) is 5.54 Å². The van der Waals surface area contributed by atoms with E-state index in [9.17, 15) is 0 Å². The molecule has 1 atom stereocenters. The summed E-state index contributed by atoms with van der Waals surface area (Å²) in [5, 5.41) is 19.4. The lowest BCUT2D eigenvalue weighted by Crippen LogP contribution is -2.53. The van der Waals surface area contributed by atoms with E-state index < -0.39 is 0 Å². The van der Waals surface area contributed by atoms with E-state index in [0.29, 0.717) is 12.4 Å². The van der Waals surface area contributed by atoms with Crippen LogP contribution in [-0.2, 0) is 12.0 Å². The van der Waals surface area contributed by atoms with Crippen molar-refractivity contribution in [1.82, 2.24) is 35.8 Å². The number of nitrogens with zero attached hydrogens (tertiary/aromatic N) is 4. The zero-order valence-corrected chi connectivity index (χ0v) is 17.3. The highest BCUT2D eigenvalue weighted by atomic mass is 16.5. The third kappa shape index (κ3) is 3.10. The average Bonchev–Trinajstić information content (AvgIpc) is 3.57. The number of nitrogens with one attached hydrogen (secondary N) is 3. The smallest absolute Gasteiger partial charge is 0.204 e. The minimum Gasteiger partial charge on any atom is -0.492 e. The van der Waals surface area contributed by atoms with Gasteiger partial charge >= 0.3 is 0 Å². The number of hydrogen-bond donors (Lipinski definition) is 3. The van der Waals surface area contributed by atoms with Crippen molar-refractivity contribution in [2.45, 2.75) is 18.4 Å². The van der Waals surface area contributed by atoms with Gasteiger partial charge in [-0.3, -0.25) is 4.90 Å². The molecule has 0 bridgehead atoms. The molecule has 2 aliphatic rings. The fraction of sp³-hybridized carbons (Fsp3) is 0.348. The Kier molecular flexibility index (Phi) is 4.47. The van der Waals surface area contributed by atoms with Crippen LogP contribution in [0.1, 0.15) is 17.7 Å². The van der Waals surface area contributed by atoms with E-state index in [0.717, 1.165) is 50.3 Å². The van der Waals surface area contributed by atoms with E-state index in [1.807, 2.05) is 30.3 Å². The summed E-state index contributed by atoms with van der Waals surface area (Å²) in [6, 6.07) is 16.5. The minimum absolute atomic E-state index is 0.0149. The molecule has 1 saturated heterocycles. The fourth-order valence-corrected chi connectivity index (χ4v) is 5.22. The summed E-state index contributed by atoms with van der Waals surface area (Å²) in [6.07, 6.45) is 2.11. The van der Waals surface area contributed by atoms with Crippen molar-refractivity contribution in [1.29, 1.82) is 0 Å². The summed E-state index contributed by atoms with van der Waals surface area (Å²) in [5.74, 6) is 1.56. The fourth-order valence-electron chi connectivity index (χ4n) is 5.22. The number of benzene rings is 2. The summed E-state index contributed by atoms with van der Waals surface area (Å²) in [6.45, 7) is 4.59. The Bertz CT molecular complexity index is 1180. The second kappa shape index (κ2) is 7.47. The molecule has 3 N–H and O–H groups in total. The molecule has 1 spiro atoms. The average molecular weight is 416 g/mol. The number of rotatable bonds is 5. The summed E-state index contributed by atoms with van der Waals surface area (Å²) in [4.78, 5) is 6.38. The van der Waals surface area contributed by atoms with Crippen LogP contribution in [0.5, 0.6) is 5.75 Å². The number of tetrazole rings is 1. The van der Waals surface area contributed by atoms with Gasteiger partial charge in [0.25, 0.3) is 0 Å². The lowest BCUT2D eigenvalue weighted by atomic mass is 9.84. The van der Waals surface area contributed by atoms with Crippen LogP contribution >= 0.6 is 0 Å². The van der Waals surface area contributed by atoms with Gasteiger partial charge in [-0.05, 0) is 60.5 Å². The third-order valence-corrected chi connectivity index (χ3v) is 6.72. The second-order valence-electron chi connectivity index (χ2n) is 8.33. The van der Waals surface area contributed by atoms with Crippen molar-refractivity contribution in [2.75, 3.05) is 32.8 Å². The molecule has 4 aromatic rings. The number of aromatic amines is 2. The van der Waals surface area contributed by atoms with E-state index in [1.54, 1.807) is 0 Å². The molecule has 4 heterocycles. The van der Waals surface area contributed by atoms with Crippen molar-refractivity contribution in [3.63, 3.8) is 0 Å². The van der Waals surface area contributed by atoms with Crippen molar-refractivity contribution in [3.8, 4) is 17.1 Å². The maximum atomic E-state index is 6.02. The monoisotopic (exact) mass is 415 g/mol. The normalized spacial score (nSPS) is 21.0. The molecule has 31 heavy (non-hydrogen) atoms. The molecule has 0 unspecified atom stereocenters. The SMILES string of the molecule is c1ccc(OCCN2CCc3c([nH]c4ccc(-c5nn[nH]n5)cc34)[C@]23CCNC3)cc1. The maximum Gasteiger partial charge on any atom is 0.204 e. The van der Waals surface area contributed by atoms with Crippen LogP contribution in [0.15, 0.2) is 48.5 Å². The summed E-state index contributed by atoms with van der Waals surface area (Å²) >= 11 is 0. The van der Waals surface area contributed by atoms with Crippen LogP contribution in [-0.4, -0.2) is 63.3 Å². The molecule has 0 radical (unpaired) electrons. The number of ether oxygens (including phenoxy) is 1. The number of hydrogen-bond acceptors (Lipinski definition) is 6. The highest BCUT2D eigenvalue weighted by Crippen LogP contribution is 2.42. The Balaban J connectivity index is 1.32. The molecule has 0 saturated carbocycles. The first-order chi connectivity index (χ1) is 15.3. The second-order valence-corrected chi connectivity index (χ2v) is 8.33. The number of fused-ring (bicyclic) bond motifs is 4. The van der Waals surface area contributed by atoms with Gasteiger partial charge in [0.2, 0.25) is 5.82 Å². The topological polar surface area (TPSA) is 94.8 Å². The first-order valence-electron chi connectivity index (χ1n) is 10.9. The standard InChI is InChI=1S/C23H25N7O/c1-2-4-17(5-3-1)31-13-12-30-11-8-18-19-14-16(22-26-28-29-27-22)6-7-20(19)25-21(18)23(30)9-10-24-15-23/h1-7,14,24-25H,8-13,15H2,(H,26,27,28,29)/t23-/m1/s1. The molecule has 8 heteroatoms. The molecule has 0 amide bonds. The molecule has 158 valence electrons. The van der Waals surface area contributed by atoms with Crippen molar-refractivity contribution in [2.24, 2.45) is 0 Å². The largest absolute Gasteiger partial charge is 0.492 e. The molecular weight excluding hydrogens is 390 g/mol. The Morgan fingerprint density at radius 1 is 1.13 bits per heavy atom. The number of H-pyrrole nitrogens is 2. The molecule has 1 fully saturated rings. The van der Waals surface area contributed by atoms with Crippen molar-refractivity contribution in [3.05, 3.63) is 59.8 Å². The zero-order chi connectivity index (χ0) is 20.7. The molecule has 0 aliphatic carbocycles. The number of aromatic nitrogens is 5. The van der Waals surface area contributed by atoms with Gasteiger partial charge in [-0.2, -0.15) is 5.21 Å². The lowest BCUT2D eigenvalue weighted by Gasteiger charge is -2.44. The lowest BCUT2D eigenvalue weighted by molar-refractivity contribution is 0.0706. The van der Waals surface area contributed by atoms with Gasteiger partial charge in [-0.15, -0.1) is 10.2 Å². The first-order valence-corrected chi connectivity index (χ1v) is 10.9. The van der Waals surface area contributed by atoms with Crippen LogP contribution < -0.4 is 10.1 Å². The Labute approximate surface area is 180 Å². The van der Waals surface area contributed by atoms with Gasteiger partial charge in [0, 0.05) is 41.8 Å². The van der Waals surface area contributed by atoms with Gasteiger partial charge in [0.1, 0.15) is 12.4 Å². The van der Waals surface area contributed by atoms with Gasteiger partial charge in [0.15, 0.2) is 0 Å². The summed E-state index contributed by atoms with van der Waals surface area (Å²) in [7, 11) is 0. The summed E-state index contributed by atoms with van der Waals surface area (Å²) < 4.78 is 6.02. The van der Waals surface area contributed by atoms with Gasteiger partial charge in [-0.1, -0.05) is 18.2 Å². The molecule has 6 rings (SSSR count). The van der Waals surface area contributed by atoms with Crippen molar-refractivity contribution < 1.29 is 4.74 Å². The van der Waals surface area contributed by atoms with Gasteiger partial charge < -0.3 is 15.0 Å². The van der Waals surface area contributed by atoms with E-state index >= 15 is 0 Å². The molecule has 2 aromatic heterocycles. The number of para-hydroxylation sites is 1. The molecular formula is C23H25N7O. The molecule has 8 nitrogen and oxygen atoms in total. The highest BCUT2D eigenvalue weighted by Gasteiger charge is 2.46. The molecule has 2 aliphatic heterocycles. The van der Waals surface area contributed by atoms with Gasteiger partial charge in [-0.25, -0.2) is 0 Å². The zero-order valence-electron chi connectivity index (χ0n) is 17.3. The summed E-state index contributed by atoms with van der Waals surface area (Å²) in [5.41, 5.74) is 4.91. The predicted molar refractivity (Wildman–Crippen MR) is 118 cm³/mol. The first kappa shape index (κ1) is 18.5. The van der Waals surface area contributed by atoms with E-state index in [4.69, 9.17) is 4.74 Å². The Morgan fingerprint density at radius 3 is 2.87 bits per heavy atom. The quantitative estimate of drug-likeness (QED) is 0.464. The van der Waals surface area contributed by atoms with Crippen LogP contribution in [0.2, 0.25) is 0 Å². The Hall–Kier alpha value is -3.23. The van der Waals surface area contributed by atoms with E-state index in [2.05, 4.69) is 54.0 Å².